The fourth-order valence-electron chi connectivity index (χ4n) is 1.06. The van der Waals surface area contributed by atoms with Crippen molar-refractivity contribution in [2.24, 2.45) is 0 Å². The van der Waals surface area contributed by atoms with Gasteiger partial charge in [-0.2, -0.15) is 0 Å². The van der Waals surface area contributed by atoms with Crippen LogP contribution in [0.5, 0.6) is 5.75 Å². The molecule has 0 aromatic heterocycles. The van der Waals surface area contributed by atoms with Gasteiger partial charge in [0, 0.05) is 5.56 Å². The smallest absolute Gasteiger partial charge is 0.187 e. The van der Waals surface area contributed by atoms with Gasteiger partial charge in [0.25, 0.3) is 0 Å². The first-order chi connectivity index (χ1) is 6.69. The van der Waals surface area contributed by atoms with Crippen molar-refractivity contribution < 1.29 is 9.53 Å². The Morgan fingerprint density at radius 3 is 2.71 bits per heavy atom. The van der Waals surface area contributed by atoms with Crippen molar-refractivity contribution in [1.82, 2.24) is 0 Å². The predicted molar refractivity (Wildman–Crippen MR) is 57.1 cm³/mol. The van der Waals surface area contributed by atoms with Gasteiger partial charge in [0.1, 0.15) is 5.75 Å². The third-order valence-corrected chi connectivity index (χ3v) is 2.07. The minimum atomic E-state index is -0.0971. The molecule has 1 aromatic rings. The van der Waals surface area contributed by atoms with Crippen LogP contribution in [0.1, 0.15) is 17.3 Å². The van der Waals surface area contributed by atoms with Gasteiger partial charge in [0.15, 0.2) is 5.78 Å². The number of hydrogen-bond donors (Lipinski definition) is 0. The van der Waals surface area contributed by atoms with E-state index in [4.69, 9.17) is 16.3 Å². The molecule has 0 fully saturated rings. The van der Waals surface area contributed by atoms with E-state index in [1.54, 1.807) is 38.3 Å². The van der Waals surface area contributed by atoms with E-state index in [0.29, 0.717) is 16.3 Å². The van der Waals surface area contributed by atoms with Crippen LogP contribution in [-0.4, -0.2) is 12.9 Å². The molecular formula is C11H11ClO2. The number of methoxy groups -OCH3 is 1. The monoisotopic (exact) mass is 210 g/mol. The van der Waals surface area contributed by atoms with Crippen molar-refractivity contribution in [3.63, 3.8) is 0 Å². The van der Waals surface area contributed by atoms with Crippen LogP contribution in [0.15, 0.2) is 30.4 Å². The van der Waals surface area contributed by atoms with Crippen molar-refractivity contribution in [2.75, 3.05) is 7.11 Å². The van der Waals surface area contributed by atoms with Crippen LogP contribution >= 0.6 is 11.6 Å². The lowest BCUT2D eigenvalue weighted by molar-refractivity contribution is 0.104. The molecule has 1 rings (SSSR count). The number of ketones is 1. The number of allylic oxidation sites excluding steroid dienone is 2. The average molecular weight is 211 g/mol. The minimum absolute atomic E-state index is 0.0971. The fourth-order valence-corrected chi connectivity index (χ4v) is 1.33. The number of halogens is 1. The second-order valence-corrected chi connectivity index (χ2v) is 3.12. The topological polar surface area (TPSA) is 26.3 Å². The van der Waals surface area contributed by atoms with E-state index < -0.39 is 0 Å². The van der Waals surface area contributed by atoms with Gasteiger partial charge in [-0.25, -0.2) is 0 Å². The maximum Gasteiger partial charge on any atom is 0.187 e. The van der Waals surface area contributed by atoms with Gasteiger partial charge in [0.05, 0.1) is 12.1 Å². The minimum Gasteiger partial charge on any atom is -0.497 e. The van der Waals surface area contributed by atoms with E-state index in [-0.39, 0.29) is 5.78 Å². The zero-order valence-corrected chi connectivity index (χ0v) is 8.84. The molecule has 0 amide bonds. The Kier molecular flexibility index (Phi) is 3.72. The highest BCUT2D eigenvalue weighted by Gasteiger charge is 2.07. The molecule has 0 radical (unpaired) electrons. The van der Waals surface area contributed by atoms with Crippen LogP contribution in [-0.2, 0) is 0 Å². The molecule has 74 valence electrons. The SMILES string of the molecule is CC=CC(=O)c1ccc(OC)cc1Cl. The second kappa shape index (κ2) is 4.82. The number of hydrogen-bond acceptors (Lipinski definition) is 2. The van der Waals surface area contributed by atoms with E-state index in [1.165, 1.54) is 6.08 Å². The van der Waals surface area contributed by atoms with Gasteiger partial charge in [-0.15, -0.1) is 0 Å². The molecule has 0 aliphatic heterocycles. The number of carbonyl (C=O) groups is 1. The predicted octanol–water partition coefficient (Wildman–Crippen LogP) is 3.11. The van der Waals surface area contributed by atoms with Crippen molar-refractivity contribution in [3.05, 3.63) is 40.9 Å². The van der Waals surface area contributed by atoms with E-state index in [2.05, 4.69) is 0 Å². The third-order valence-electron chi connectivity index (χ3n) is 1.76. The molecule has 0 saturated heterocycles. The summed E-state index contributed by atoms with van der Waals surface area (Å²) in [4.78, 5) is 11.5. The van der Waals surface area contributed by atoms with Gasteiger partial charge in [-0.3, -0.25) is 4.79 Å². The van der Waals surface area contributed by atoms with Crippen LogP contribution < -0.4 is 4.74 Å². The quantitative estimate of drug-likeness (QED) is 0.566. The molecule has 0 bridgehead atoms. The van der Waals surface area contributed by atoms with E-state index >= 15 is 0 Å². The average Bonchev–Trinajstić information content (AvgIpc) is 2.17. The number of benzene rings is 1. The summed E-state index contributed by atoms with van der Waals surface area (Å²) in [5.74, 6) is 0.548. The van der Waals surface area contributed by atoms with Crippen molar-refractivity contribution in [1.29, 1.82) is 0 Å². The van der Waals surface area contributed by atoms with Crippen LogP contribution in [0.25, 0.3) is 0 Å². The summed E-state index contributed by atoms with van der Waals surface area (Å²) in [6, 6.07) is 4.99. The Balaban J connectivity index is 3.05. The molecule has 0 spiro atoms. The summed E-state index contributed by atoms with van der Waals surface area (Å²) in [5, 5.41) is 0.410. The lowest BCUT2D eigenvalue weighted by Gasteiger charge is -2.03. The fraction of sp³-hybridized carbons (Fsp3) is 0.182. The van der Waals surface area contributed by atoms with Crippen LogP contribution in [0.2, 0.25) is 5.02 Å². The van der Waals surface area contributed by atoms with Crippen molar-refractivity contribution >= 4 is 17.4 Å². The lowest BCUT2D eigenvalue weighted by Crippen LogP contribution is -1.95. The maximum absolute atomic E-state index is 11.5. The number of carbonyl (C=O) groups excluding carboxylic acids is 1. The molecule has 3 heteroatoms. The molecule has 14 heavy (non-hydrogen) atoms. The van der Waals surface area contributed by atoms with Crippen LogP contribution in [0.4, 0.5) is 0 Å². The summed E-state index contributed by atoms with van der Waals surface area (Å²) in [6.07, 6.45) is 3.16. The molecule has 0 atom stereocenters. The molecule has 0 aliphatic carbocycles. The normalized spacial score (nSPS) is 10.5. The Morgan fingerprint density at radius 2 is 2.21 bits per heavy atom. The Morgan fingerprint density at radius 1 is 1.50 bits per heavy atom. The molecule has 0 aliphatic rings. The molecule has 2 nitrogen and oxygen atoms in total. The Labute approximate surface area is 88.1 Å². The summed E-state index contributed by atoms with van der Waals surface area (Å²) in [7, 11) is 1.55. The summed E-state index contributed by atoms with van der Waals surface area (Å²) in [6.45, 7) is 1.79. The summed E-state index contributed by atoms with van der Waals surface area (Å²) >= 11 is 5.90. The highest BCUT2D eigenvalue weighted by Crippen LogP contribution is 2.22. The highest BCUT2D eigenvalue weighted by molar-refractivity contribution is 6.34. The van der Waals surface area contributed by atoms with Gasteiger partial charge in [-0.05, 0) is 31.2 Å². The Hall–Kier alpha value is -1.28. The first-order valence-electron chi connectivity index (χ1n) is 4.19. The molecular weight excluding hydrogens is 200 g/mol. The number of ether oxygens (including phenoxy) is 1. The molecule has 1 aromatic carbocycles. The van der Waals surface area contributed by atoms with Crippen molar-refractivity contribution in [3.8, 4) is 5.75 Å². The molecule has 0 heterocycles. The summed E-state index contributed by atoms with van der Waals surface area (Å²) < 4.78 is 4.98. The zero-order chi connectivity index (χ0) is 10.6. The second-order valence-electron chi connectivity index (χ2n) is 2.71. The highest BCUT2D eigenvalue weighted by atomic mass is 35.5. The van der Waals surface area contributed by atoms with Crippen LogP contribution in [0.3, 0.4) is 0 Å². The van der Waals surface area contributed by atoms with E-state index in [9.17, 15) is 4.79 Å². The first kappa shape index (κ1) is 10.8. The zero-order valence-electron chi connectivity index (χ0n) is 8.08. The third kappa shape index (κ3) is 2.36. The van der Waals surface area contributed by atoms with Crippen molar-refractivity contribution in [2.45, 2.75) is 6.92 Å². The van der Waals surface area contributed by atoms with Gasteiger partial charge < -0.3 is 4.74 Å². The van der Waals surface area contributed by atoms with Gasteiger partial charge in [-0.1, -0.05) is 17.7 Å². The van der Waals surface area contributed by atoms with Gasteiger partial charge >= 0.3 is 0 Å². The Bertz CT molecular complexity index is 370. The first-order valence-corrected chi connectivity index (χ1v) is 4.57. The van der Waals surface area contributed by atoms with Crippen LogP contribution in [0, 0.1) is 0 Å². The summed E-state index contributed by atoms with van der Waals surface area (Å²) in [5.41, 5.74) is 0.491. The standard InChI is InChI=1S/C11H11ClO2/c1-3-4-11(13)9-6-5-8(14-2)7-10(9)12/h3-7H,1-2H3. The number of rotatable bonds is 3. The van der Waals surface area contributed by atoms with Gasteiger partial charge in [0.2, 0.25) is 0 Å². The maximum atomic E-state index is 11.5. The largest absolute Gasteiger partial charge is 0.497 e. The molecule has 0 unspecified atom stereocenters. The van der Waals surface area contributed by atoms with E-state index in [0.717, 1.165) is 0 Å². The van der Waals surface area contributed by atoms with E-state index in [1.807, 2.05) is 0 Å². The molecule has 0 saturated carbocycles. The molecule has 0 N–H and O–H groups in total. The lowest BCUT2D eigenvalue weighted by atomic mass is 10.1.